The fourth-order valence-electron chi connectivity index (χ4n) is 3.30. The number of nitrogens with zero attached hydrogens (tertiary/aromatic N) is 3. The number of amides is 3. The second-order valence-electron chi connectivity index (χ2n) is 6.45. The van der Waals surface area contributed by atoms with Gasteiger partial charge in [-0.1, -0.05) is 40.6 Å². The molecule has 0 atom stereocenters. The van der Waals surface area contributed by atoms with Crippen molar-refractivity contribution in [1.29, 1.82) is 0 Å². The van der Waals surface area contributed by atoms with Gasteiger partial charge in [0.25, 0.3) is 5.91 Å². The van der Waals surface area contributed by atoms with E-state index in [-0.39, 0.29) is 24.7 Å². The van der Waals surface area contributed by atoms with Gasteiger partial charge in [0.15, 0.2) is 4.80 Å². The second kappa shape index (κ2) is 7.74. The molecule has 3 aromatic rings. The van der Waals surface area contributed by atoms with Crippen LogP contribution in [0.4, 0.5) is 5.69 Å². The van der Waals surface area contributed by atoms with Crippen molar-refractivity contribution in [2.45, 2.75) is 26.3 Å². The second-order valence-corrected chi connectivity index (χ2v) is 8.31. The average Bonchev–Trinajstić information content (AvgIpc) is 3.20. The molecular formula is C20H15Cl2N3O3S. The third-order valence-electron chi connectivity index (χ3n) is 4.61. The van der Waals surface area contributed by atoms with Crippen LogP contribution in [0, 0.1) is 0 Å². The number of imide groups is 1. The summed E-state index contributed by atoms with van der Waals surface area (Å²) >= 11 is 13.7. The van der Waals surface area contributed by atoms with Gasteiger partial charge in [-0.2, -0.15) is 4.99 Å². The van der Waals surface area contributed by atoms with Crippen LogP contribution >= 0.6 is 34.5 Å². The van der Waals surface area contributed by atoms with Gasteiger partial charge in [0.05, 0.1) is 20.9 Å². The first-order valence-electron chi connectivity index (χ1n) is 8.92. The van der Waals surface area contributed by atoms with Crippen molar-refractivity contribution in [3.63, 3.8) is 0 Å². The van der Waals surface area contributed by atoms with E-state index in [4.69, 9.17) is 23.2 Å². The van der Waals surface area contributed by atoms with Gasteiger partial charge in [0, 0.05) is 30.0 Å². The fourth-order valence-corrected chi connectivity index (χ4v) is 5.18. The maximum atomic E-state index is 12.8. The molecule has 3 amide bonds. The summed E-state index contributed by atoms with van der Waals surface area (Å²) in [7, 11) is 0. The minimum absolute atomic E-state index is 0.184. The van der Waals surface area contributed by atoms with E-state index in [0.29, 0.717) is 32.6 Å². The molecule has 4 rings (SSSR count). The van der Waals surface area contributed by atoms with Crippen molar-refractivity contribution in [2.75, 3.05) is 4.90 Å². The van der Waals surface area contributed by atoms with Gasteiger partial charge in [0.1, 0.15) is 0 Å². The minimum atomic E-state index is -0.470. The van der Waals surface area contributed by atoms with Crippen LogP contribution in [0.15, 0.2) is 41.4 Å². The lowest BCUT2D eigenvalue weighted by molar-refractivity contribution is -0.121. The van der Waals surface area contributed by atoms with Crippen LogP contribution in [0.25, 0.3) is 10.2 Å². The highest BCUT2D eigenvalue weighted by Gasteiger charge is 2.30. The molecule has 0 spiro atoms. The zero-order chi connectivity index (χ0) is 20.7. The highest BCUT2D eigenvalue weighted by Crippen LogP contribution is 2.30. The Kier molecular flexibility index (Phi) is 5.29. The maximum absolute atomic E-state index is 12.8. The van der Waals surface area contributed by atoms with E-state index in [2.05, 4.69) is 4.99 Å². The fraction of sp³-hybridized carbons (Fsp3) is 0.200. The summed E-state index contributed by atoms with van der Waals surface area (Å²) in [4.78, 5) is 42.6. The van der Waals surface area contributed by atoms with Crippen LogP contribution in [0.2, 0.25) is 10.0 Å². The van der Waals surface area contributed by atoms with Crippen LogP contribution in [-0.2, 0) is 16.1 Å². The number of aromatic nitrogens is 1. The van der Waals surface area contributed by atoms with E-state index in [9.17, 15) is 14.4 Å². The van der Waals surface area contributed by atoms with Crippen LogP contribution in [0.1, 0.15) is 30.1 Å². The maximum Gasteiger partial charge on any atom is 0.279 e. The summed E-state index contributed by atoms with van der Waals surface area (Å²) < 4.78 is 2.69. The zero-order valence-electron chi connectivity index (χ0n) is 15.3. The number of aryl methyl sites for hydroxylation is 1. The molecule has 0 saturated carbocycles. The molecule has 0 radical (unpaired) electrons. The summed E-state index contributed by atoms with van der Waals surface area (Å²) in [6.45, 7) is 2.51. The van der Waals surface area contributed by atoms with Crippen molar-refractivity contribution < 1.29 is 14.4 Å². The first-order chi connectivity index (χ1) is 13.9. The number of carbonyl (C=O) groups is 3. The number of thiazole rings is 1. The standard InChI is InChI=1S/C20H15Cl2N3O3S/c1-2-24-18-14(22)9-12(21)10-15(18)29-20(24)23-19(28)11-4-3-5-13(8-11)25-16(26)6-7-17(25)27/h3-5,8-10H,2,6-7H2,1H3. The molecular weight excluding hydrogens is 433 g/mol. The first kappa shape index (κ1) is 19.8. The van der Waals surface area contributed by atoms with Crippen LogP contribution < -0.4 is 9.70 Å². The lowest BCUT2D eigenvalue weighted by Crippen LogP contribution is -2.28. The molecule has 1 aromatic heterocycles. The van der Waals surface area contributed by atoms with E-state index in [1.807, 2.05) is 11.5 Å². The molecule has 6 nitrogen and oxygen atoms in total. The van der Waals surface area contributed by atoms with Crippen LogP contribution in [-0.4, -0.2) is 22.3 Å². The number of rotatable bonds is 3. The van der Waals surface area contributed by atoms with E-state index in [0.717, 1.165) is 15.1 Å². The number of anilines is 1. The van der Waals surface area contributed by atoms with Crippen molar-refractivity contribution >= 4 is 68.2 Å². The third kappa shape index (κ3) is 3.61. The Morgan fingerprint density at radius 3 is 2.55 bits per heavy atom. The summed E-state index contributed by atoms with van der Waals surface area (Å²) in [5.41, 5.74) is 1.45. The Morgan fingerprint density at radius 2 is 1.86 bits per heavy atom. The molecule has 148 valence electrons. The monoisotopic (exact) mass is 447 g/mol. The van der Waals surface area contributed by atoms with Gasteiger partial charge in [-0.05, 0) is 37.3 Å². The first-order valence-corrected chi connectivity index (χ1v) is 10.5. The summed E-state index contributed by atoms with van der Waals surface area (Å²) in [6, 6.07) is 9.82. The van der Waals surface area contributed by atoms with E-state index >= 15 is 0 Å². The lowest BCUT2D eigenvalue weighted by Gasteiger charge is -2.14. The van der Waals surface area contributed by atoms with Crippen molar-refractivity contribution in [1.82, 2.24) is 4.57 Å². The Morgan fingerprint density at radius 1 is 1.14 bits per heavy atom. The van der Waals surface area contributed by atoms with Gasteiger partial charge in [-0.25, -0.2) is 0 Å². The molecule has 0 N–H and O–H groups in total. The molecule has 1 aliphatic heterocycles. The molecule has 2 aromatic carbocycles. The number of halogens is 2. The summed E-state index contributed by atoms with van der Waals surface area (Å²) in [6.07, 6.45) is 0.367. The van der Waals surface area contributed by atoms with E-state index < -0.39 is 5.91 Å². The topological polar surface area (TPSA) is 71.7 Å². The number of fused-ring (bicyclic) bond motifs is 1. The van der Waals surface area contributed by atoms with Gasteiger partial charge in [-0.3, -0.25) is 19.3 Å². The molecule has 0 aliphatic carbocycles. The van der Waals surface area contributed by atoms with Gasteiger partial charge >= 0.3 is 0 Å². The molecule has 9 heteroatoms. The third-order valence-corrected chi connectivity index (χ3v) is 6.14. The molecule has 29 heavy (non-hydrogen) atoms. The number of benzene rings is 2. The summed E-state index contributed by atoms with van der Waals surface area (Å²) in [5.74, 6) is -1.00. The molecule has 1 saturated heterocycles. The van der Waals surface area contributed by atoms with Crippen LogP contribution in [0.3, 0.4) is 0 Å². The largest absolute Gasteiger partial charge is 0.315 e. The summed E-state index contributed by atoms with van der Waals surface area (Å²) in [5, 5.41) is 1.00. The SMILES string of the molecule is CCn1c(=NC(=O)c2cccc(N3C(=O)CCC3=O)c2)sc2cc(Cl)cc(Cl)c21. The van der Waals surface area contributed by atoms with Gasteiger partial charge < -0.3 is 4.57 Å². The van der Waals surface area contributed by atoms with Gasteiger partial charge in [0.2, 0.25) is 11.8 Å². The Hall–Kier alpha value is -2.48. The molecule has 1 aliphatic rings. The lowest BCUT2D eigenvalue weighted by atomic mass is 10.2. The van der Waals surface area contributed by atoms with Crippen molar-refractivity contribution in [3.8, 4) is 0 Å². The quantitative estimate of drug-likeness (QED) is 0.557. The number of carbonyl (C=O) groups excluding carboxylic acids is 3. The normalized spacial score (nSPS) is 15.0. The average molecular weight is 448 g/mol. The molecule has 2 heterocycles. The predicted octanol–water partition coefficient (Wildman–Crippen LogP) is 4.42. The Balaban J connectivity index is 1.77. The van der Waals surface area contributed by atoms with Crippen molar-refractivity contribution in [3.05, 3.63) is 56.8 Å². The number of hydrogen-bond acceptors (Lipinski definition) is 4. The highest BCUT2D eigenvalue weighted by molar-refractivity contribution is 7.16. The molecule has 1 fully saturated rings. The molecule has 0 bridgehead atoms. The van der Waals surface area contributed by atoms with E-state index in [1.54, 1.807) is 30.3 Å². The smallest absolute Gasteiger partial charge is 0.279 e. The Labute approximate surface area is 180 Å². The highest BCUT2D eigenvalue weighted by atomic mass is 35.5. The molecule has 0 unspecified atom stereocenters. The van der Waals surface area contributed by atoms with Crippen molar-refractivity contribution in [2.24, 2.45) is 4.99 Å². The Bertz CT molecular complexity index is 1230. The number of hydrogen-bond donors (Lipinski definition) is 0. The minimum Gasteiger partial charge on any atom is -0.315 e. The zero-order valence-corrected chi connectivity index (χ0v) is 17.6. The van der Waals surface area contributed by atoms with Crippen LogP contribution in [0.5, 0.6) is 0 Å². The van der Waals surface area contributed by atoms with E-state index in [1.165, 1.54) is 17.4 Å². The predicted molar refractivity (Wildman–Crippen MR) is 114 cm³/mol. The van der Waals surface area contributed by atoms with Gasteiger partial charge in [-0.15, -0.1) is 0 Å².